The van der Waals surface area contributed by atoms with Crippen LogP contribution in [0.2, 0.25) is 0 Å². The summed E-state index contributed by atoms with van der Waals surface area (Å²) in [4.78, 5) is 4.04. The smallest absolute Gasteiger partial charge is 0.0300 e. The van der Waals surface area contributed by atoms with Gasteiger partial charge in [0.1, 0.15) is 0 Å². The fraction of sp³-hybridized carbons (Fsp3) is 0.500. The van der Waals surface area contributed by atoms with Gasteiger partial charge in [0, 0.05) is 18.9 Å². The van der Waals surface area contributed by atoms with Crippen LogP contribution in [0.5, 0.6) is 0 Å². The number of hydrogen-bond acceptors (Lipinski definition) is 3. The molecule has 1 aromatic rings. The van der Waals surface area contributed by atoms with Gasteiger partial charge in [0.25, 0.3) is 0 Å². The van der Waals surface area contributed by atoms with E-state index in [-0.39, 0.29) is 0 Å². The fourth-order valence-electron chi connectivity index (χ4n) is 1.15. The number of aromatic nitrogens is 1. The van der Waals surface area contributed by atoms with Crippen LogP contribution < -0.4 is 11.1 Å². The number of nitrogens with zero attached hydrogens (tertiary/aromatic N) is 1. The minimum atomic E-state index is 0.752. The lowest BCUT2D eigenvalue weighted by Crippen LogP contribution is -2.18. The van der Waals surface area contributed by atoms with Crippen LogP contribution in [0.4, 0.5) is 0 Å². The van der Waals surface area contributed by atoms with Crippen molar-refractivity contribution in [3.63, 3.8) is 0 Å². The summed E-state index contributed by atoms with van der Waals surface area (Å²) < 4.78 is 0. The predicted molar refractivity (Wildman–Crippen MR) is 54.4 cm³/mol. The average molecular weight is 179 g/mol. The third-order valence-corrected chi connectivity index (χ3v) is 2.01. The van der Waals surface area contributed by atoms with Gasteiger partial charge in [-0.05, 0) is 43.6 Å². The molecule has 0 saturated carbocycles. The van der Waals surface area contributed by atoms with E-state index in [1.165, 1.54) is 11.1 Å². The van der Waals surface area contributed by atoms with E-state index in [0.29, 0.717) is 0 Å². The Kier molecular flexibility index (Phi) is 4.43. The highest BCUT2D eigenvalue weighted by atomic mass is 14.8. The van der Waals surface area contributed by atoms with Crippen LogP contribution in [0.15, 0.2) is 18.5 Å². The summed E-state index contributed by atoms with van der Waals surface area (Å²) in [5.74, 6) is 0. The van der Waals surface area contributed by atoms with Gasteiger partial charge in [-0.3, -0.25) is 4.98 Å². The van der Waals surface area contributed by atoms with Gasteiger partial charge in [-0.2, -0.15) is 0 Å². The highest BCUT2D eigenvalue weighted by Crippen LogP contribution is 2.03. The van der Waals surface area contributed by atoms with E-state index in [4.69, 9.17) is 5.73 Å². The van der Waals surface area contributed by atoms with Crippen LogP contribution in [-0.4, -0.2) is 18.1 Å². The zero-order valence-electron chi connectivity index (χ0n) is 8.09. The van der Waals surface area contributed by atoms with Crippen LogP contribution >= 0.6 is 0 Å². The molecule has 3 nitrogen and oxygen atoms in total. The van der Waals surface area contributed by atoms with Crippen molar-refractivity contribution in [1.82, 2.24) is 10.3 Å². The molecule has 3 heteroatoms. The van der Waals surface area contributed by atoms with Gasteiger partial charge in [0.05, 0.1) is 0 Å². The van der Waals surface area contributed by atoms with Crippen LogP contribution in [0.1, 0.15) is 17.5 Å². The maximum absolute atomic E-state index is 5.39. The molecule has 0 saturated heterocycles. The quantitative estimate of drug-likeness (QED) is 0.658. The second-order valence-corrected chi connectivity index (χ2v) is 3.12. The predicted octanol–water partition coefficient (Wildman–Crippen LogP) is 0.828. The maximum Gasteiger partial charge on any atom is 0.0300 e. The van der Waals surface area contributed by atoms with Gasteiger partial charge >= 0.3 is 0 Å². The molecule has 3 N–H and O–H groups in total. The Morgan fingerprint density at radius 3 is 3.08 bits per heavy atom. The zero-order chi connectivity index (χ0) is 9.52. The zero-order valence-corrected chi connectivity index (χ0v) is 8.09. The molecule has 0 aliphatic carbocycles. The van der Waals surface area contributed by atoms with E-state index in [1.807, 2.05) is 18.5 Å². The van der Waals surface area contributed by atoms with E-state index >= 15 is 0 Å². The monoisotopic (exact) mass is 179 g/mol. The Morgan fingerprint density at radius 1 is 1.54 bits per heavy atom. The molecule has 1 rings (SSSR count). The Balaban J connectivity index is 2.32. The second kappa shape index (κ2) is 5.67. The summed E-state index contributed by atoms with van der Waals surface area (Å²) in [5, 5.41) is 3.34. The molecule has 0 bridgehead atoms. The number of nitrogens with one attached hydrogen (secondary N) is 1. The van der Waals surface area contributed by atoms with Crippen molar-refractivity contribution in [2.24, 2.45) is 5.73 Å². The first-order valence-corrected chi connectivity index (χ1v) is 4.65. The van der Waals surface area contributed by atoms with Crippen LogP contribution in [0, 0.1) is 6.92 Å². The van der Waals surface area contributed by atoms with Gasteiger partial charge in [0.2, 0.25) is 0 Å². The van der Waals surface area contributed by atoms with Gasteiger partial charge in [0.15, 0.2) is 0 Å². The molecule has 0 spiro atoms. The van der Waals surface area contributed by atoms with E-state index in [1.54, 1.807) is 0 Å². The van der Waals surface area contributed by atoms with Crippen molar-refractivity contribution < 1.29 is 0 Å². The number of aryl methyl sites for hydroxylation is 1. The molecule has 0 atom stereocenters. The van der Waals surface area contributed by atoms with E-state index < -0.39 is 0 Å². The van der Waals surface area contributed by atoms with Crippen LogP contribution in [0.3, 0.4) is 0 Å². The van der Waals surface area contributed by atoms with E-state index in [2.05, 4.69) is 17.2 Å². The Morgan fingerprint density at radius 2 is 2.38 bits per heavy atom. The Hall–Kier alpha value is -0.930. The molecular weight excluding hydrogens is 162 g/mol. The van der Waals surface area contributed by atoms with Crippen molar-refractivity contribution in [3.05, 3.63) is 29.6 Å². The maximum atomic E-state index is 5.39. The van der Waals surface area contributed by atoms with Crippen molar-refractivity contribution in [2.75, 3.05) is 13.1 Å². The van der Waals surface area contributed by atoms with Crippen LogP contribution in [0.25, 0.3) is 0 Å². The Bertz CT molecular complexity index is 248. The first kappa shape index (κ1) is 10.2. The molecule has 0 aromatic carbocycles. The summed E-state index contributed by atoms with van der Waals surface area (Å²) in [6.07, 6.45) is 4.75. The highest BCUT2D eigenvalue weighted by Gasteiger charge is 1.95. The number of rotatable bonds is 5. The normalized spacial score (nSPS) is 10.3. The van der Waals surface area contributed by atoms with E-state index in [9.17, 15) is 0 Å². The summed E-state index contributed by atoms with van der Waals surface area (Å²) >= 11 is 0. The number of pyridine rings is 1. The van der Waals surface area contributed by atoms with Crippen LogP contribution in [-0.2, 0) is 6.54 Å². The topological polar surface area (TPSA) is 50.9 Å². The Labute approximate surface area is 79.4 Å². The lowest BCUT2D eigenvalue weighted by Gasteiger charge is -2.05. The average Bonchev–Trinajstić information content (AvgIpc) is 2.15. The molecule has 0 aliphatic heterocycles. The minimum Gasteiger partial charge on any atom is -0.330 e. The molecule has 13 heavy (non-hydrogen) atoms. The van der Waals surface area contributed by atoms with Crippen molar-refractivity contribution in [2.45, 2.75) is 19.9 Å². The van der Waals surface area contributed by atoms with E-state index in [0.717, 1.165) is 26.1 Å². The molecule has 1 heterocycles. The summed E-state index contributed by atoms with van der Waals surface area (Å²) in [5.41, 5.74) is 7.94. The van der Waals surface area contributed by atoms with Gasteiger partial charge in [-0.25, -0.2) is 0 Å². The van der Waals surface area contributed by atoms with Gasteiger partial charge < -0.3 is 11.1 Å². The molecule has 72 valence electrons. The molecule has 0 radical (unpaired) electrons. The lowest BCUT2D eigenvalue weighted by atomic mass is 10.1. The first-order valence-electron chi connectivity index (χ1n) is 4.65. The molecule has 0 amide bonds. The third-order valence-electron chi connectivity index (χ3n) is 2.01. The molecule has 0 aliphatic rings. The highest BCUT2D eigenvalue weighted by molar-refractivity contribution is 5.20. The third kappa shape index (κ3) is 3.53. The second-order valence-electron chi connectivity index (χ2n) is 3.12. The summed E-state index contributed by atoms with van der Waals surface area (Å²) in [7, 11) is 0. The number of nitrogens with two attached hydrogens (primary N) is 1. The minimum absolute atomic E-state index is 0.752. The van der Waals surface area contributed by atoms with Gasteiger partial charge in [-0.1, -0.05) is 0 Å². The molecule has 1 aromatic heterocycles. The first-order chi connectivity index (χ1) is 6.34. The number of hydrogen-bond donors (Lipinski definition) is 2. The van der Waals surface area contributed by atoms with Gasteiger partial charge in [-0.15, -0.1) is 0 Å². The lowest BCUT2D eigenvalue weighted by molar-refractivity contribution is 0.653. The SMILES string of the molecule is Cc1cnccc1CNCCCN. The molecule has 0 unspecified atom stereocenters. The van der Waals surface area contributed by atoms with Crippen molar-refractivity contribution in [1.29, 1.82) is 0 Å². The fourth-order valence-corrected chi connectivity index (χ4v) is 1.15. The van der Waals surface area contributed by atoms with Crippen molar-refractivity contribution in [3.8, 4) is 0 Å². The molecular formula is C10H17N3. The standard InChI is InChI=1S/C10H17N3/c1-9-7-13-6-3-10(9)8-12-5-2-4-11/h3,6-7,12H,2,4-5,8,11H2,1H3. The largest absolute Gasteiger partial charge is 0.330 e. The molecule has 0 fully saturated rings. The van der Waals surface area contributed by atoms with Crippen molar-refractivity contribution >= 4 is 0 Å². The summed E-state index contributed by atoms with van der Waals surface area (Å²) in [6, 6.07) is 2.05. The summed E-state index contributed by atoms with van der Waals surface area (Å²) in [6.45, 7) is 4.72.